The molecule has 2 unspecified atom stereocenters. The number of hydrogen-bond acceptors (Lipinski definition) is 8. The van der Waals surface area contributed by atoms with Crippen LogP contribution in [0.15, 0.2) is 122 Å². The topological polar surface area (TPSA) is 134 Å². The molecule has 9 nitrogen and oxygen atoms in total. The van der Waals surface area contributed by atoms with E-state index in [0.29, 0.717) is 6.42 Å². The van der Waals surface area contributed by atoms with Crippen molar-refractivity contribution in [3.05, 3.63) is 122 Å². The highest BCUT2D eigenvalue weighted by molar-refractivity contribution is 7.47. The number of nitrogens with two attached hydrogens (primary N) is 1. The molecule has 0 bridgehead atoms. The van der Waals surface area contributed by atoms with Gasteiger partial charge in [0.25, 0.3) is 0 Å². The van der Waals surface area contributed by atoms with Crippen molar-refractivity contribution in [3.63, 3.8) is 0 Å². The van der Waals surface area contributed by atoms with Crippen molar-refractivity contribution < 1.29 is 37.6 Å². The Morgan fingerprint density at radius 3 is 1.06 bits per heavy atom. The zero-order chi connectivity index (χ0) is 55.9. The minimum absolute atomic E-state index is 0.0410. The van der Waals surface area contributed by atoms with Gasteiger partial charge in [-0.3, -0.25) is 18.6 Å². The van der Waals surface area contributed by atoms with Crippen LogP contribution in [0.1, 0.15) is 258 Å². The lowest BCUT2D eigenvalue weighted by molar-refractivity contribution is -0.161. The number of phosphoric acid groups is 1. The molecular weight excluding hydrogens is 978 g/mol. The standard InChI is InChI=1S/C67H114NO8P/c1-3-5-7-9-11-13-15-17-19-21-23-25-27-28-29-30-31-32-33-34-35-36-38-40-42-44-46-48-50-52-54-56-58-60-67(70)76-65(64-75-77(71,72)74-62-61-68)63-73-66(69)59-57-55-53-51-49-47-45-43-41-39-37-26-24-22-20-18-16-14-12-10-8-6-4-2/h5,7,11,13,17,19,23,25,28-29,31-32,34-35,38,40,44,46,50,52,65H,3-4,6,8-10,12,14-16,18,20-22,24,26-27,30,33,36-37,39,41-43,45,47-49,51,53-64,68H2,1-2H3,(H,71,72)/b7-5-,13-11-,19-17-,25-23-,29-28-,32-31-,35-34-,40-38-,46-44-,52-50-. The molecule has 3 N–H and O–H groups in total. The lowest BCUT2D eigenvalue weighted by Gasteiger charge is -2.19. The van der Waals surface area contributed by atoms with Crippen LogP contribution in [0.2, 0.25) is 0 Å². The molecule has 0 saturated carbocycles. The van der Waals surface area contributed by atoms with Gasteiger partial charge in [0.15, 0.2) is 6.10 Å². The van der Waals surface area contributed by atoms with E-state index in [1.807, 2.05) is 0 Å². The summed E-state index contributed by atoms with van der Waals surface area (Å²) < 4.78 is 33.0. The van der Waals surface area contributed by atoms with Gasteiger partial charge in [-0.2, -0.15) is 0 Å². The fraction of sp³-hybridized carbons (Fsp3) is 0.672. The van der Waals surface area contributed by atoms with Crippen molar-refractivity contribution in [1.82, 2.24) is 0 Å². The smallest absolute Gasteiger partial charge is 0.462 e. The Bertz CT molecular complexity index is 1670. The van der Waals surface area contributed by atoms with Crippen molar-refractivity contribution in [1.29, 1.82) is 0 Å². The second-order valence-corrected chi connectivity index (χ2v) is 21.7. The van der Waals surface area contributed by atoms with Crippen molar-refractivity contribution in [2.45, 2.75) is 264 Å². The predicted molar refractivity (Wildman–Crippen MR) is 330 cm³/mol. The summed E-state index contributed by atoms with van der Waals surface area (Å²) >= 11 is 0. The van der Waals surface area contributed by atoms with Crippen LogP contribution in [0.25, 0.3) is 0 Å². The highest BCUT2D eigenvalue weighted by atomic mass is 31.2. The summed E-state index contributed by atoms with van der Waals surface area (Å²) in [4.78, 5) is 35.2. The number of carbonyl (C=O) groups is 2. The minimum atomic E-state index is -4.41. The number of allylic oxidation sites excluding steroid dienone is 20. The molecule has 0 aliphatic heterocycles. The highest BCUT2D eigenvalue weighted by Gasteiger charge is 2.26. The average molecular weight is 1090 g/mol. The van der Waals surface area contributed by atoms with E-state index >= 15 is 0 Å². The summed E-state index contributed by atoms with van der Waals surface area (Å²) in [5.74, 6) is -0.879. The molecule has 0 aliphatic carbocycles. The maximum Gasteiger partial charge on any atom is 0.472 e. The first-order valence-corrected chi connectivity index (χ1v) is 32.5. The Hall–Kier alpha value is -3.59. The highest BCUT2D eigenvalue weighted by Crippen LogP contribution is 2.43. The first-order valence-electron chi connectivity index (χ1n) is 31.0. The van der Waals surface area contributed by atoms with Gasteiger partial charge in [0, 0.05) is 19.4 Å². The summed E-state index contributed by atoms with van der Waals surface area (Å²) in [6.45, 7) is 3.59. The van der Waals surface area contributed by atoms with Crippen LogP contribution in [0, 0.1) is 0 Å². The van der Waals surface area contributed by atoms with Crippen LogP contribution in [0.5, 0.6) is 0 Å². The van der Waals surface area contributed by atoms with E-state index in [9.17, 15) is 19.0 Å². The number of hydrogen-bond donors (Lipinski definition) is 2. The lowest BCUT2D eigenvalue weighted by Crippen LogP contribution is -2.29. The van der Waals surface area contributed by atoms with Gasteiger partial charge < -0.3 is 20.1 Å². The van der Waals surface area contributed by atoms with Crippen LogP contribution in [0.4, 0.5) is 0 Å². The van der Waals surface area contributed by atoms with E-state index in [0.717, 1.165) is 96.3 Å². The maximum atomic E-state index is 12.7. The molecule has 0 spiro atoms. The van der Waals surface area contributed by atoms with Gasteiger partial charge >= 0.3 is 19.8 Å². The molecule has 77 heavy (non-hydrogen) atoms. The quantitative estimate of drug-likeness (QED) is 0.0264. The molecule has 2 atom stereocenters. The largest absolute Gasteiger partial charge is 0.472 e. The molecule has 0 heterocycles. The molecular formula is C67H114NO8P. The van der Waals surface area contributed by atoms with Gasteiger partial charge in [-0.05, 0) is 89.9 Å². The fourth-order valence-electron chi connectivity index (χ4n) is 8.31. The van der Waals surface area contributed by atoms with E-state index < -0.39 is 32.5 Å². The predicted octanol–water partition coefficient (Wildman–Crippen LogP) is 20.0. The maximum absolute atomic E-state index is 12.7. The number of unbranched alkanes of at least 4 members (excludes halogenated alkanes) is 24. The van der Waals surface area contributed by atoms with Gasteiger partial charge in [-0.25, -0.2) is 4.57 Å². The Labute approximate surface area is 472 Å². The summed E-state index contributed by atoms with van der Waals surface area (Å²) in [6.07, 6.45) is 85.5. The minimum Gasteiger partial charge on any atom is -0.462 e. The second kappa shape index (κ2) is 61.6. The first kappa shape index (κ1) is 73.4. The second-order valence-electron chi connectivity index (χ2n) is 20.2. The summed E-state index contributed by atoms with van der Waals surface area (Å²) in [5.41, 5.74) is 5.38. The van der Waals surface area contributed by atoms with E-state index in [2.05, 4.69) is 135 Å². The molecule has 0 aromatic carbocycles. The van der Waals surface area contributed by atoms with Gasteiger partial charge in [0.1, 0.15) is 6.61 Å². The molecule has 0 radical (unpaired) electrons. The molecule has 0 saturated heterocycles. The number of esters is 2. The van der Waals surface area contributed by atoms with E-state index in [4.69, 9.17) is 24.3 Å². The van der Waals surface area contributed by atoms with Crippen LogP contribution in [-0.2, 0) is 32.7 Å². The number of phosphoric ester groups is 1. The van der Waals surface area contributed by atoms with Gasteiger partial charge in [-0.15, -0.1) is 0 Å². The number of ether oxygens (including phenoxy) is 2. The van der Waals surface area contributed by atoms with Gasteiger partial charge in [0.2, 0.25) is 0 Å². The molecule has 0 fully saturated rings. The molecule has 0 amide bonds. The molecule has 0 rings (SSSR count). The average Bonchev–Trinajstić information content (AvgIpc) is 3.42. The van der Waals surface area contributed by atoms with Crippen LogP contribution < -0.4 is 5.73 Å². The zero-order valence-corrected chi connectivity index (χ0v) is 50.0. The summed E-state index contributed by atoms with van der Waals surface area (Å²) in [5, 5.41) is 0. The monoisotopic (exact) mass is 1090 g/mol. The number of carbonyl (C=O) groups excluding carboxylic acids is 2. The Kier molecular flexibility index (Phi) is 58.7. The van der Waals surface area contributed by atoms with Crippen molar-refractivity contribution in [3.8, 4) is 0 Å². The first-order chi connectivity index (χ1) is 37.8. The van der Waals surface area contributed by atoms with E-state index in [1.165, 1.54) is 128 Å². The number of rotatable bonds is 57. The zero-order valence-electron chi connectivity index (χ0n) is 49.2. The third kappa shape index (κ3) is 61.5. The Morgan fingerprint density at radius 1 is 0.403 bits per heavy atom. The fourth-order valence-corrected chi connectivity index (χ4v) is 9.08. The van der Waals surface area contributed by atoms with E-state index in [-0.39, 0.29) is 32.6 Å². The Balaban J connectivity index is 4.08. The van der Waals surface area contributed by atoms with Crippen molar-refractivity contribution in [2.75, 3.05) is 26.4 Å². The third-order valence-electron chi connectivity index (χ3n) is 12.9. The van der Waals surface area contributed by atoms with Crippen LogP contribution >= 0.6 is 7.82 Å². The van der Waals surface area contributed by atoms with Crippen molar-refractivity contribution >= 4 is 19.8 Å². The lowest BCUT2D eigenvalue weighted by atomic mass is 10.0. The van der Waals surface area contributed by atoms with E-state index in [1.54, 1.807) is 0 Å². The molecule has 440 valence electrons. The van der Waals surface area contributed by atoms with Crippen LogP contribution in [0.3, 0.4) is 0 Å². The molecule has 0 aromatic heterocycles. The Morgan fingerprint density at radius 2 is 0.714 bits per heavy atom. The van der Waals surface area contributed by atoms with Gasteiger partial charge in [0.05, 0.1) is 13.2 Å². The molecule has 10 heteroatoms. The van der Waals surface area contributed by atoms with Crippen molar-refractivity contribution in [2.24, 2.45) is 5.73 Å². The molecule has 0 aliphatic rings. The summed E-state index contributed by atoms with van der Waals surface area (Å²) in [6, 6.07) is 0. The normalized spacial score (nSPS) is 13.9. The SMILES string of the molecule is CC/C=C\C/C=C\C/C=C\C/C=C\C/C=C\C/C=C\C/C=C\C/C=C\C/C=C\C/C=C\CCCCC(=O)OC(COC(=O)CCCCCCCCCCCCCCCCCCCCCCCCC)COP(=O)(O)OCCN. The van der Waals surface area contributed by atoms with Crippen LogP contribution in [-0.4, -0.2) is 49.3 Å². The summed E-state index contributed by atoms with van der Waals surface area (Å²) in [7, 11) is -4.41. The third-order valence-corrected chi connectivity index (χ3v) is 13.8. The molecule has 0 aromatic rings. The van der Waals surface area contributed by atoms with Gasteiger partial charge in [-0.1, -0.05) is 277 Å².